The Morgan fingerprint density at radius 3 is 1.78 bits per heavy atom. The fraction of sp³-hybridized carbons (Fsp3) is 0.103. The van der Waals surface area contributed by atoms with Crippen LogP contribution in [0.4, 0.5) is 17.1 Å². The summed E-state index contributed by atoms with van der Waals surface area (Å²) < 4.78 is 6.76. The molecule has 2 nitrogen and oxygen atoms in total. The molecule has 10 aromatic rings. The molecule has 1 heterocycles. The Morgan fingerprint density at radius 2 is 0.950 bits per heavy atom. The molecule has 0 atom stereocenters. The average molecular weight is 768 g/mol. The van der Waals surface area contributed by atoms with E-state index in [9.17, 15) is 0 Å². The molecule has 0 spiro atoms. The lowest BCUT2D eigenvalue weighted by molar-refractivity contribution is 0.660. The van der Waals surface area contributed by atoms with Gasteiger partial charge in [0, 0.05) is 38.5 Å². The van der Waals surface area contributed by atoms with Crippen molar-refractivity contribution in [2.75, 3.05) is 4.90 Å². The fourth-order valence-electron chi connectivity index (χ4n) is 11.4. The third-order valence-electron chi connectivity index (χ3n) is 14.2. The Bertz CT molecular complexity index is 3500. The Morgan fingerprint density at radius 1 is 0.367 bits per heavy atom. The normalized spacial score (nSPS) is 14.6. The van der Waals surface area contributed by atoms with Crippen LogP contribution in [0.25, 0.3) is 88.3 Å². The molecule has 0 aliphatic heterocycles. The Labute approximate surface area is 350 Å². The molecule has 3 aliphatic rings. The first-order valence-electron chi connectivity index (χ1n) is 21.2. The van der Waals surface area contributed by atoms with E-state index in [0.717, 1.165) is 33.3 Å². The van der Waals surface area contributed by atoms with Crippen molar-refractivity contribution in [1.82, 2.24) is 0 Å². The summed E-state index contributed by atoms with van der Waals surface area (Å²) in [6.07, 6.45) is 0. The number of hydrogen-bond donors (Lipinski definition) is 0. The van der Waals surface area contributed by atoms with Gasteiger partial charge in [-0.05, 0) is 126 Å². The second kappa shape index (κ2) is 11.7. The van der Waals surface area contributed by atoms with E-state index in [1.54, 1.807) is 0 Å². The smallest absolute Gasteiger partial charge is 0.136 e. The van der Waals surface area contributed by atoms with Crippen LogP contribution in [0.15, 0.2) is 180 Å². The van der Waals surface area contributed by atoms with Crippen molar-refractivity contribution in [2.45, 2.75) is 38.5 Å². The van der Waals surface area contributed by atoms with Crippen LogP contribution >= 0.6 is 0 Å². The van der Waals surface area contributed by atoms with Gasteiger partial charge in [-0.2, -0.15) is 0 Å². The maximum Gasteiger partial charge on any atom is 0.136 e. The maximum atomic E-state index is 6.76. The van der Waals surface area contributed by atoms with Crippen LogP contribution in [0.5, 0.6) is 0 Å². The van der Waals surface area contributed by atoms with E-state index in [0.29, 0.717) is 0 Å². The van der Waals surface area contributed by atoms with Gasteiger partial charge in [-0.1, -0.05) is 161 Å². The molecular weight excluding hydrogens is 727 g/mol. The first kappa shape index (κ1) is 33.8. The van der Waals surface area contributed by atoms with Gasteiger partial charge in [0.25, 0.3) is 0 Å². The largest absolute Gasteiger partial charge is 0.456 e. The van der Waals surface area contributed by atoms with Crippen molar-refractivity contribution >= 4 is 49.8 Å². The number of benzene rings is 9. The van der Waals surface area contributed by atoms with Crippen LogP contribution in [0.2, 0.25) is 0 Å². The van der Waals surface area contributed by atoms with Gasteiger partial charge < -0.3 is 9.32 Å². The van der Waals surface area contributed by atoms with Crippen molar-refractivity contribution in [1.29, 1.82) is 0 Å². The van der Waals surface area contributed by atoms with E-state index in [-0.39, 0.29) is 10.8 Å². The van der Waals surface area contributed by atoms with E-state index in [4.69, 9.17) is 4.42 Å². The number of nitrogens with zero attached hydrogens (tertiary/aromatic N) is 1. The second-order valence-corrected chi connectivity index (χ2v) is 18.0. The van der Waals surface area contributed by atoms with Crippen LogP contribution in [0, 0.1) is 0 Å². The van der Waals surface area contributed by atoms with Crippen LogP contribution < -0.4 is 4.90 Å². The summed E-state index contributed by atoms with van der Waals surface area (Å²) in [7, 11) is 0. The lowest BCUT2D eigenvalue weighted by Crippen LogP contribution is -2.17. The van der Waals surface area contributed by atoms with Crippen molar-refractivity contribution in [3.05, 3.63) is 198 Å². The fourth-order valence-corrected chi connectivity index (χ4v) is 11.4. The third kappa shape index (κ3) is 4.33. The first-order chi connectivity index (χ1) is 29.3. The van der Waals surface area contributed by atoms with Gasteiger partial charge in [-0.25, -0.2) is 0 Å². The van der Waals surface area contributed by atoms with Crippen LogP contribution in [-0.4, -0.2) is 0 Å². The van der Waals surface area contributed by atoms with Crippen LogP contribution in [-0.2, 0) is 10.8 Å². The Hall–Kier alpha value is -7.16. The topological polar surface area (TPSA) is 16.4 Å². The molecule has 9 aromatic carbocycles. The van der Waals surface area contributed by atoms with Gasteiger partial charge >= 0.3 is 0 Å². The molecular formula is C58H41NO. The first-order valence-corrected chi connectivity index (χ1v) is 21.2. The molecule has 284 valence electrons. The van der Waals surface area contributed by atoms with Gasteiger partial charge in [-0.15, -0.1) is 0 Å². The highest BCUT2D eigenvalue weighted by molar-refractivity contribution is 6.22. The van der Waals surface area contributed by atoms with Crippen molar-refractivity contribution in [3.8, 4) is 55.6 Å². The second-order valence-electron chi connectivity index (χ2n) is 18.0. The Balaban J connectivity index is 1.08. The van der Waals surface area contributed by atoms with E-state index >= 15 is 0 Å². The molecule has 0 fully saturated rings. The molecule has 0 saturated heterocycles. The van der Waals surface area contributed by atoms with E-state index in [1.165, 1.54) is 94.3 Å². The summed E-state index contributed by atoms with van der Waals surface area (Å²) in [6, 6.07) is 65.5. The predicted molar refractivity (Wildman–Crippen MR) is 251 cm³/mol. The summed E-state index contributed by atoms with van der Waals surface area (Å²) in [5, 5.41) is 4.85. The quantitative estimate of drug-likeness (QED) is 0.177. The van der Waals surface area contributed by atoms with E-state index < -0.39 is 0 Å². The molecule has 60 heavy (non-hydrogen) atoms. The zero-order valence-electron chi connectivity index (χ0n) is 34.1. The van der Waals surface area contributed by atoms with Crippen molar-refractivity contribution in [3.63, 3.8) is 0 Å². The highest BCUT2D eigenvalue weighted by Gasteiger charge is 2.39. The molecule has 0 amide bonds. The summed E-state index contributed by atoms with van der Waals surface area (Å²) in [4.78, 5) is 2.51. The summed E-state index contributed by atoms with van der Waals surface area (Å²) in [5.41, 5.74) is 23.3. The highest BCUT2D eigenvalue weighted by atomic mass is 16.3. The number of furan rings is 1. The van der Waals surface area contributed by atoms with Crippen molar-refractivity contribution < 1.29 is 4.42 Å². The van der Waals surface area contributed by atoms with Crippen molar-refractivity contribution in [2.24, 2.45) is 0 Å². The molecule has 3 aliphatic carbocycles. The minimum Gasteiger partial charge on any atom is -0.456 e. The number of rotatable bonds is 4. The molecule has 0 saturated carbocycles. The Kier molecular flexibility index (Phi) is 6.61. The molecule has 1 aromatic heterocycles. The number of fused-ring (bicyclic) bond motifs is 12. The molecule has 0 N–H and O–H groups in total. The highest BCUT2D eigenvalue weighted by Crippen LogP contribution is 2.57. The zero-order chi connectivity index (χ0) is 40.1. The van der Waals surface area contributed by atoms with Gasteiger partial charge in [-0.3, -0.25) is 0 Å². The minimum atomic E-state index is -0.139. The molecule has 0 unspecified atom stereocenters. The zero-order valence-corrected chi connectivity index (χ0v) is 34.1. The third-order valence-corrected chi connectivity index (χ3v) is 14.2. The van der Waals surface area contributed by atoms with Crippen LogP contribution in [0.1, 0.15) is 49.9 Å². The summed E-state index contributed by atoms with van der Waals surface area (Å²) >= 11 is 0. The minimum absolute atomic E-state index is 0.130. The van der Waals surface area contributed by atoms with E-state index in [1.807, 2.05) is 0 Å². The lowest BCUT2D eigenvalue weighted by Gasteiger charge is -2.30. The maximum absolute atomic E-state index is 6.76. The average Bonchev–Trinajstić information content (AvgIpc) is 3.96. The van der Waals surface area contributed by atoms with Gasteiger partial charge in [0.2, 0.25) is 0 Å². The van der Waals surface area contributed by atoms with Gasteiger partial charge in [0.1, 0.15) is 11.2 Å². The van der Waals surface area contributed by atoms with E-state index in [2.05, 4.69) is 209 Å². The molecule has 0 radical (unpaired) electrons. The predicted octanol–water partition coefficient (Wildman–Crippen LogP) is 16.1. The summed E-state index contributed by atoms with van der Waals surface area (Å²) in [5.74, 6) is 0. The van der Waals surface area contributed by atoms with Crippen LogP contribution in [0.3, 0.4) is 0 Å². The number of hydrogen-bond acceptors (Lipinski definition) is 2. The molecule has 2 heteroatoms. The standard InChI is InChI=1S/C58H41NO/c1-57(2)47-22-10-8-18-44(47)56-48(57)23-13-24-50(56)59(36-27-30-39-38-16-7-9-21-46(38)58(3,4)49(39)33-36)35-28-31-51-45(32-35)54-42(20-12-25-52(54)60-51)43-29-26-34-14-11-19-40-37-15-5-6-17-41(37)55(43)53(34)40/h5-33H,1-4H3. The monoisotopic (exact) mass is 767 g/mol. The summed E-state index contributed by atoms with van der Waals surface area (Å²) in [6.45, 7) is 9.47. The lowest BCUT2D eigenvalue weighted by atomic mass is 9.82. The SMILES string of the molecule is CC1(C)c2ccccc2-c2ccc(N(c3ccc4oc5cccc(-c6ccc7cccc8c7c6-c6ccccc6-8)c5c4c3)c3cccc4c3-c3ccccc3C4(C)C)cc21. The molecule has 13 rings (SSSR count). The van der Waals surface area contributed by atoms with Gasteiger partial charge in [0.05, 0.1) is 5.69 Å². The van der Waals surface area contributed by atoms with Gasteiger partial charge in [0.15, 0.2) is 0 Å². The number of anilines is 3. The molecule has 0 bridgehead atoms.